The van der Waals surface area contributed by atoms with Gasteiger partial charge in [-0.3, -0.25) is 0 Å². The van der Waals surface area contributed by atoms with Gasteiger partial charge in [0.15, 0.2) is 17.2 Å². The van der Waals surface area contributed by atoms with Gasteiger partial charge in [-0.1, -0.05) is 0 Å². The lowest BCUT2D eigenvalue weighted by atomic mass is 9.94. The Hall–Kier alpha value is -3.47. The molecule has 7 N–H and O–H groups in total. The number of carbonyl (C=O) groups is 1. The molecule has 2 aliphatic heterocycles. The molecule has 0 saturated carbocycles. The normalized spacial score (nSPS) is 25.9. The van der Waals surface area contributed by atoms with Gasteiger partial charge in [0.05, 0.1) is 24.7 Å². The third kappa shape index (κ3) is 4.05. The van der Waals surface area contributed by atoms with Crippen LogP contribution in [0.3, 0.4) is 0 Å². The summed E-state index contributed by atoms with van der Waals surface area (Å²) in [4.78, 5) is 12.1. The van der Waals surface area contributed by atoms with E-state index < -0.39 is 48.5 Å². The average Bonchev–Trinajstić information content (AvgIpc) is 3.35. The van der Waals surface area contributed by atoms with Crippen LogP contribution in [0.4, 0.5) is 5.69 Å². The Bertz CT molecular complexity index is 1370. The van der Waals surface area contributed by atoms with Crippen molar-refractivity contribution in [1.82, 2.24) is 0 Å². The molecule has 2 aliphatic rings. The van der Waals surface area contributed by atoms with Gasteiger partial charge in [-0.15, -0.1) is 0 Å². The number of carboxylic acids is 1. The fourth-order valence-corrected chi connectivity index (χ4v) is 4.63. The number of fused-ring (bicyclic) bond motifs is 5. The largest absolute Gasteiger partial charge is 0.595 e. The standard InChI is InChI=1S/C23H23NO13/c1-33-13-3-8(36-23-20(28)19(27)18(26)15(6-25)37-23)2-10-9(13)4-12(24(31)32)16-11(22(29)30)5-14-21(17(10)16)35-7-34-14/h2-5,15,18-20,23-28,31H,6-7H2,1H3,(H,29,30)/t15-,18-,19+,20-,23-/m1/s1. The molecule has 0 aliphatic carbocycles. The number of carboxylic acid groups (broad SMARTS) is 1. The maximum atomic E-state index is 12.2. The number of aliphatic hydroxyl groups excluding tert-OH is 4. The lowest BCUT2D eigenvalue weighted by molar-refractivity contribution is -0.990. The van der Waals surface area contributed by atoms with E-state index in [1.807, 2.05) is 0 Å². The molecule has 6 atom stereocenters. The Morgan fingerprint density at radius 2 is 1.84 bits per heavy atom. The second-order valence-corrected chi connectivity index (χ2v) is 8.48. The lowest BCUT2D eigenvalue weighted by Crippen LogP contribution is -2.99. The summed E-state index contributed by atoms with van der Waals surface area (Å²) in [6.07, 6.45) is -7.67. The zero-order chi connectivity index (χ0) is 26.6. The fraction of sp³-hybridized carbons (Fsp3) is 0.348. The number of hydrogen-bond acceptors (Lipinski definition) is 12. The van der Waals surface area contributed by atoms with Gasteiger partial charge in [-0.2, -0.15) is 5.23 Å². The number of hydrogen-bond donors (Lipinski definition) is 7. The highest BCUT2D eigenvalue weighted by atomic mass is 16.8. The second kappa shape index (κ2) is 9.44. The number of aromatic carboxylic acids is 1. The maximum Gasteiger partial charge on any atom is 0.336 e. The van der Waals surface area contributed by atoms with E-state index in [4.69, 9.17) is 23.7 Å². The van der Waals surface area contributed by atoms with Gasteiger partial charge in [0.2, 0.25) is 13.1 Å². The first kappa shape index (κ1) is 25.2. The van der Waals surface area contributed by atoms with Crippen molar-refractivity contribution in [2.45, 2.75) is 30.7 Å². The van der Waals surface area contributed by atoms with Gasteiger partial charge in [0.25, 0.3) is 0 Å². The van der Waals surface area contributed by atoms with Crippen LogP contribution in [-0.4, -0.2) is 87.9 Å². The highest BCUT2D eigenvalue weighted by Crippen LogP contribution is 2.48. The van der Waals surface area contributed by atoms with Gasteiger partial charge in [0, 0.05) is 28.3 Å². The SMILES string of the molecule is COc1cc(O[C@@H]2O[C@H](CO)[C@@H](O)[C@H](O)[C@H]2O)cc2c1cc([NH+]([O-])O)c1c(C(=O)O)cc3c(c12)OCO3. The number of methoxy groups -OCH3 is 1. The van der Waals surface area contributed by atoms with Gasteiger partial charge in [0.1, 0.15) is 35.9 Å². The third-order valence-corrected chi connectivity index (χ3v) is 6.39. The van der Waals surface area contributed by atoms with E-state index in [-0.39, 0.29) is 62.6 Å². The summed E-state index contributed by atoms with van der Waals surface area (Å²) < 4.78 is 27.6. The maximum absolute atomic E-state index is 12.2. The Kier molecular flexibility index (Phi) is 6.43. The molecule has 3 aromatic rings. The number of nitrogens with one attached hydrogen (secondary N) is 1. The van der Waals surface area contributed by atoms with Crippen molar-refractivity contribution in [3.05, 3.63) is 35.0 Å². The fourth-order valence-electron chi connectivity index (χ4n) is 4.63. The minimum absolute atomic E-state index is 0.0199. The number of aliphatic hydroxyl groups is 4. The Balaban J connectivity index is 1.75. The third-order valence-electron chi connectivity index (χ3n) is 6.39. The molecule has 0 amide bonds. The number of quaternary nitrogens is 1. The Morgan fingerprint density at radius 1 is 1.08 bits per heavy atom. The molecule has 14 nitrogen and oxygen atoms in total. The zero-order valence-corrected chi connectivity index (χ0v) is 19.2. The number of benzene rings is 3. The van der Waals surface area contributed by atoms with Crippen LogP contribution in [0.5, 0.6) is 23.0 Å². The van der Waals surface area contributed by atoms with E-state index in [1.54, 1.807) is 0 Å². The van der Waals surface area contributed by atoms with Crippen molar-refractivity contribution in [1.29, 1.82) is 0 Å². The Morgan fingerprint density at radius 3 is 2.49 bits per heavy atom. The quantitative estimate of drug-likeness (QED) is 0.154. The summed E-state index contributed by atoms with van der Waals surface area (Å²) in [5.41, 5.74) is -0.628. The van der Waals surface area contributed by atoms with Crippen LogP contribution in [0, 0.1) is 5.21 Å². The summed E-state index contributed by atoms with van der Waals surface area (Å²) in [5.74, 6) is -1.000. The topological polar surface area (TPSA) is 212 Å². The first-order valence-corrected chi connectivity index (χ1v) is 11.0. The van der Waals surface area contributed by atoms with Crippen molar-refractivity contribution in [2.24, 2.45) is 0 Å². The van der Waals surface area contributed by atoms with Crippen molar-refractivity contribution >= 4 is 33.2 Å². The summed E-state index contributed by atoms with van der Waals surface area (Å²) in [7, 11) is 1.33. The zero-order valence-electron chi connectivity index (χ0n) is 19.2. The molecule has 14 heteroatoms. The van der Waals surface area contributed by atoms with Crippen LogP contribution in [0.25, 0.3) is 21.5 Å². The van der Waals surface area contributed by atoms with E-state index in [0.717, 1.165) is 0 Å². The summed E-state index contributed by atoms with van der Waals surface area (Å²) in [6.45, 7) is -0.875. The molecule has 1 saturated heterocycles. The van der Waals surface area contributed by atoms with Crippen LogP contribution < -0.4 is 24.2 Å². The van der Waals surface area contributed by atoms with E-state index in [2.05, 4.69) is 0 Å². The predicted molar refractivity (Wildman–Crippen MR) is 121 cm³/mol. The van der Waals surface area contributed by atoms with E-state index in [0.29, 0.717) is 0 Å². The van der Waals surface area contributed by atoms with Crippen LogP contribution in [0.1, 0.15) is 10.4 Å². The monoisotopic (exact) mass is 521 g/mol. The summed E-state index contributed by atoms with van der Waals surface area (Å²) in [6, 6.07) is 5.27. The van der Waals surface area contributed by atoms with Crippen LogP contribution >= 0.6 is 0 Å². The molecule has 0 radical (unpaired) electrons. The molecule has 2 heterocycles. The van der Waals surface area contributed by atoms with Crippen molar-refractivity contribution < 1.29 is 64.4 Å². The molecule has 1 unspecified atom stereocenters. The highest BCUT2D eigenvalue weighted by molar-refractivity contribution is 6.22. The molecule has 3 aromatic carbocycles. The molecule has 198 valence electrons. The number of ether oxygens (including phenoxy) is 5. The van der Waals surface area contributed by atoms with Gasteiger partial charge >= 0.3 is 5.97 Å². The first-order valence-electron chi connectivity index (χ1n) is 11.0. The average molecular weight is 521 g/mol. The minimum Gasteiger partial charge on any atom is -0.595 e. The van der Waals surface area contributed by atoms with Crippen molar-refractivity contribution in [2.75, 3.05) is 20.5 Å². The van der Waals surface area contributed by atoms with E-state index in [9.17, 15) is 40.7 Å². The molecule has 37 heavy (non-hydrogen) atoms. The van der Waals surface area contributed by atoms with Gasteiger partial charge < -0.3 is 54.4 Å². The van der Waals surface area contributed by atoms with Crippen LogP contribution in [0.2, 0.25) is 0 Å². The molecular formula is C23H23NO13. The molecule has 0 spiro atoms. The second-order valence-electron chi connectivity index (χ2n) is 8.48. The predicted octanol–water partition coefficient (Wildman–Crippen LogP) is -0.989. The van der Waals surface area contributed by atoms with Crippen molar-refractivity contribution in [3.63, 3.8) is 0 Å². The van der Waals surface area contributed by atoms with E-state index in [1.165, 1.54) is 31.4 Å². The summed E-state index contributed by atoms with van der Waals surface area (Å²) in [5, 5.41) is 71.1. The first-order chi connectivity index (χ1) is 17.7. The highest BCUT2D eigenvalue weighted by Gasteiger charge is 2.44. The van der Waals surface area contributed by atoms with Crippen LogP contribution in [-0.2, 0) is 4.74 Å². The van der Waals surface area contributed by atoms with E-state index >= 15 is 0 Å². The molecule has 1 fully saturated rings. The lowest BCUT2D eigenvalue weighted by Gasteiger charge is -2.39. The van der Waals surface area contributed by atoms with Crippen molar-refractivity contribution in [3.8, 4) is 23.0 Å². The Labute approximate surface area is 207 Å². The number of rotatable bonds is 6. The molecule has 5 rings (SSSR count). The summed E-state index contributed by atoms with van der Waals surface area (Å²) >= 11 is 0. The molecular weight excluding hydrogens is 498 g/mol. The molecule has 0 bridgehead atoms. The molecule has 0 aromatic heterocycles. The van der Waals surface area contributed by atoms with Gasteiger partial charge in [-0.05, 0) is 12.1 Å². The smallest absolute Gasteiger partial charge is 0.336 e. The van der Waals surface area contributed by atoms with Crippen LogP contribution in [0.15, 0.2) is 24.3 Å². The minimum atomic E-state index is -1.69. The van der Waals surface area contributed by atoms with Gasteiger partial charge in [-0.25, -0.2) is 10.0 Å².